The summed E-state index contributed by atoms with van der Waals surface area (Å²) in [5.41, 5.74) is 2.27. The first-order valence-electron chi connectivity index (χ1n) is 6.91. The number of ether oxygens (including phenoxy) is 2. The number of nitrogens with one attached hydrogen (secondary N) is 1. The molecule has 0 radical (unpaired) electrons. The standard InChI is InChI=1S/C17H21NO2/c1-3-11-20-16-9-7-14(8-10-16)13-18-15-5-4-6-17(12-15)19-2/h4-10,12,18H,3,11,13H2,1-2H3. The van der Waals surface area contributed by atoms with Crippen molar-refractivity contribution < 1.29 is 9.47 Å². The van der Waals surface area contributed by atoms with Crippen molar-refractivity contribution in [3.63, 3.8) is 0 Å². The van der Waals surface area contributed by atoms with Crippen LogP contribution >= 0.6 is 0 Å². The highest BCUT2D eigenvalue weighted by Gasteiger charge is 1.98. The topological polar surface area (TPSA) is 30.5 Å². The highest BCUT2D eigenvalue weighted by atomic mass is 16.5. The van der Waals surface area contributed by atoms with E-state index in [1.165, 1.54) is 5.56 Å². The maximum atomic E-state index is 5.57. The molecule has 0 aliphatic carbocycles. The Bertz CT molecular complexity index is 523. The fraction of sp³-hybridized carbons (Fsp3) is 0.294. The lowest BCUT2D eigenvalue weighted by atomic mass is 10.2. The smallest absolute Gasteiger partial charge is 0.120 e. The van der Waals surface area contributed by atoms with E-state index >= 15 is 0 Å². The average molecular weight is 271 g/mol. The van der Waals surface area contributed by atoms with Crippen LogP contribution in [0.1, 0.15) is 18.9 Å². The molecule has 2 rings (SSSR count). The van der Waals surface area contributed by atoms with E-state index in [1.807, 2.05) is 36.4 Å². The highest BCUT2D eigenvalue weighted by Crippen LogP contribution is 2.18. The van der Waals surface area contributed by atoms with Crippen molar-refractivity contribution in [2.24, 2.45) is 0 Å². The van der Waals surface area contributed by atoms with Gasteiger partial charge in [0, 0.05) is 18.3 Å². The molecule has 0 saturated heterocycles. The Hall–Kier alpha value is -2.16. The number of hydrogen-bond donors (Lipinski definition) is 1. The van der Waals surface area contributed by atoms with Crippen molar-refractivity contribution in [2.75, 3.05) is 19.0 Å². The molecule has 0 atom stereocenters. The number of anilines is 1. The van der Waals surface area contributed by atoms with Gasteiger partial charge in [0.2, 0.25) is 0 Å². The van der Waals surface area contributed by atoms with Crippen LogP contribution in [-0.2, 0) is 6.54 Å². The van der Waals surface area contributed by atoms with Crippen LogP contribution in [0.15, 0.2) is 48.5 Å². The molecule has 0 aliphatic heterocycles. The third-order valence-corrected chi connectivity index (χ3v) is 2.96. The summed E-state index contributed by atoms with van der Waals surface area (Å²) in [7, 11) is 1.67. The average Bonchev–Trinajstić information content (AvgIpc) is 2.52. The highest BCUT2D eigenvalue weighted by molar-refractivity contribution is 5.48. The van der Waals surface area contributed by atoms with Crippen molar-refractivity contribution in [3.8, 4) is 11.5 Å². The lowest BCUT2D eigenvalue weighted by Crippen LogP contribution is -2.00. The Morgan fingerprint density at radius 2 is 1.80 bits per heavy atom. The monoisotopic (exact) mass is 271 g/mol. The molecule has 3 heteroatoms. The zero-order valence-corrected chi connectivity index (χ0v) is 12.1. The first-order chi connectivity index (χ1) is 9.81. The molecule has 0 heterocycles. The molecule has 2 aromatic carbocycles. The second-order valence-corrected chi connectivity index (χ2v) is 4.58. The summed E-state index contributed by atoms with van der Waals surface area (Å²) >= 11 is 0. The van der Waals surface area contributed by atoms with Crippen LogP contribution in [0.5, 0.6) is 11.5 Å². The van der Waals surface area contributed by atoms with Crippen molar-refractivity contribution >= 4 is 5.69 Å². The van der Waals surface area contributed by atoms with Gasteiger partial charge in [-0.3, -0.25) is 0 Å². The summed E-state index contributed by atoms with van der Waals surface area (Å²) in [4.78, 5) is 0. The molecule has 0 saturated carbocycles. The molecule has 106 valence electrons. The summed E-state index contributed by atoms with van der Waals surface area (Å²) in [6.07, 6.45) is 1.03. The minimum Gasteiger partial charge on any atom is -0.497 e. The van der Waals surface area contributed by atoms with E-state index in [1.54, 1.807) is 7.11 Å². The van der Waals surface area contributed by atoms with Gasteiger partial charge < -0.3 is 14.8 Å². The molecule has 0 amide bonds. The normalized spacial score (nSPS) is 10.1. The lowest BCUT2D eigenvalue weighted by molar-refractivity contribution is 0.317. The second kappa shape index (κ2) is 7.43. The lowest BCUT2D eigenvalue weighted by Gasteiger charge is -2.09. The quantitative estimate of drug-likeness (QED) is 0.822. The molecule has 0 fully saturated rings. The SMILES string of the molecule is CCCOc1ccc(CNc2cccc(OC)c2)cc1. The fourth-order valence-electron chi connectivity index (χ4n) is 1.86. The van der Waals surface area contributed by atoms with E-state index in [-0.39, 0.29) is 0 Å². The van der Waals surface area contributed by atoms with E-state index in [0.29, 0.717) is 0 Å². The van der Waals surface area contributed by atoms with E-state index in [9.17, 15) is 0 Å². The van der Waals surface area contributed by atoms with Crippen LogP contribution in [0.3, 0.4) is 0 Å². The van der Waals surface area contributed by atoms with Crippen molar-refractivity contribution in [1.29, 1.82) is 0 Å². The molecule has 1 N–H and O–H groups in total. The van der Waals surface area contributed by atoms with Crippen molar-refractivity contribution in [2.45, 2.75) is 19.9 Å². The third kappa shape index (κ3) is 4.19. The molecule has 0 bridgehead atoms. The third-order valence-electron chi connectivity index (χ3n) is 2.96. The summed E-state index contributed by atoms with van der Waals surface area (Å²) in [5, 5.41) is 3.38. The van der Waals surface area contributed by atoms with Gasteiger partial charge in [0.1, 0.15) is 11.5 Å². The van der Waals surface area contributed by atoms with Crippen molar-refractivity contribution in [1.82, 2.24) is 0 Å². The van der Waals surface area contributed by atoms with Gasteiger partial charge in [-0.2, -0.15) is 0 Å². The number of rotatable bonds is 7. The second-order valence-electron chi connectivity index (χ2n) is 4.58. The van der Waals surface area contributed by atoms with E-state index in [2.05, 4.69) is 24.4 Å². The summed E-state index contributed by atoms with van der Waals surface area (Å²) in [6.45, 7) is 3.65. The molecule has 0 aromatic heterocycles. The van der Waals surface area contributed by atoms with Gasteiger partial charge in [-0.1, -0.05) is 25.1 Å². The molecule has 0 unspecified atom stereocenters. The fourth-order valence-corrected chi connectivity index (χ4v) is 1.86. The first kappa shape index (κ1) is 14.3. The summed E-state index contributed by atoms with van der Waals surface area (Å²) in [5.74, 6) is 1.79. The maximum absolute atomic E-state index is 5.57. The molecule has 3 nitrogen and oxygen atoms in total. The van der Waals surface area contributed by atoms with Crippen LogP contribution in [-0.4, -0.2) is 13.7 Å². The number of benzene rings is 2. The van der Waals surface area contributed by atoms with Gasteiger partial charge >= 0.3 is 0 Å². The van der Waals surface area contributed by atoms with E-state index < -0.39 is 0 Å². The Morgan fingerprint density at radius 3 is 2.50 bits per heavy atom. The Balaban J connectivity index is 1.89. The number of methoxy groups -OCH3 is 1. The molecular formula is C17H21NO2. The molecule has 0 spiro atoms. The molecule has 20 heavy (non-hydrogen) atoms. The van der Waals surface area contributed by atoms with Gasteiger partial charge in [-0.05, 0) is 36.2 Å². The molecular weight excluding hydrogens is 250 g/mol. The zero-order valence-electron chi connectivity index (χ0n) is 12.1. The van der Waals surface area contributed by atoms with Crippen LogP contribution in [0.2, 0.25) is 0 Å². The van der Waals surface area contributed by atoms with Gasteiger partial charge in [0.05, 0.1) is 13.7 Å². The van der Waals surface area contributed by atoms with Gasteiger partial charge in [0.25, 0.3) is 0 Å². The Kier molecular flexibility index (Phi) is 5.30. The largest absolute Gasteiger partial charge is 0.497 e. The number of hydrogen-bond acceptors (Lipinski definition) is 3. The summed E-state index contributed by atoms with van der Waals surface area (Å²) in [6, 6.07) is 16.1. The first-order valence-corrected chi connectivity index (χ1v) is 6.91. The van der Waals surface area contributed by atoms with Gasteiger partial charge in [-0.15, -0.1) is 0 Å². The van der Waals surface area contributed by atoms with Crippen LogP contribution < -0.4 is 14.8 Å². The predicted molar refractivity (Wildman–Crippen MR) is 82.5 cm³/mol. The van der Waals surface area contributed by atoms with Crippen molar-refractivity contribution in [3.05, 3.63) is 54.1 Å². The maximum Gasteiger partial charge on any atom is 0.120 e. The Morgan fingerprint density at radius 1 is 1.00 bits per heavy atom. The van der Waals surface area contributed by atoms with Crippen LogP contribution in [0.25, 0.3) is 0 Å². The van der Waals surface area contributed by atoms with E-state index in [4.69, 9.17) is 9.47 Å². The van der Waals surface area contributed by atoms with Crippen LogP contribution in [0.4, 0.5) is 5.69 Å². The van der Waals surface area contributed by atoms with Gasteiger partial charge in [-0.25, -0.2) is 0 Å². The minimum absolute atomic E-state index is 0.765. The Labute approximate surface area is 120 Å². The van der Waals surface area contributed by atoms with Crippen LogP contribution in [0, 0.1) is 0 Å². The predicted octanol–water partition coefficient (Wildman–Crippen LogP) is 4.10. The minimum atomic E-state index is 0.765. The molecule has 2 aromatic rings. The summed E-state index contributed by atoms with van der Waals surface area (Å²) < 4.78 is 10.8. The zero-order chi connectivity index (χ0) is 14.2. The van der Waals surface area contributed by atoms with Gasteiger partial charge in [0.15, 0.2) is 0 Å². The molecule has 0 aliphatic rings. The van der Waals surface area contributed by atoms with E-state index in [0.717, 1.165) is 36.8 Å².